The van der Waals surface area contributed by atoms with E-state index in [0.29, 0.717) is 6.54 Å². The van der Waals surface area contributed by atoms with Crippen molar-refractivity contribution in [2.45, 2.75) is 12.8 Å². The molecule has 19 heavy (non-hydrogen) atoms. The zero-order valence-corrected chi connectivity index (χ0v) is 11.1. The summed E-state index contributed by atoms with van der Waals surface area (Å²) < 4.78 is 0. The van der Waals surface area contributed by atoms with Crippen LogP contribution in [0.5, 0.6) is 0 Å². The highest BCUT2D eigenvalue weighted by Crippen LogP contribution is 2.26. The number of hydrogen-bond donors (Lipinski definition) is 2. The van der Waals surface area contributed by atoms with E-state index in [1.54, 1.807) is 0 Å². The van der Waals surface area contributed by atoms with Crippen molar-refractivity contribution in [3.63, 3.8) is 0 Å². The molecule has 2 heteroatoms. The summed E-state index contributed by atoms with van der Waals surface area (Å²) in [6.07, 6.45) is 0. The summed E-state index contributed by atoms with van der Waals surface area (Å²) in [5, 5.41) is 1.24. The van der Waals surface area contributed by atoms with Crippen LogP contribution in [0.3, 0.4) is 0 Å². The fourth-order valence-electron chi connectivity index (χ4n) is 2.52. The molecule has 0 saturated heterocycles. The fraction of sp³-hybridized carbons (Fsp3) is 0.176. The van der Waals surface area contributed by atoms with Gasteiger partial charge >= 0.3 is 0 Å². The van der Waals surface area contributed by atoms with Gasteiger partial charge in [-0.05, 0) is 30.0 Å². The van der Waals surface area contributed by atoms with Crippen LogP contribution in [0.2, 0.25) is 0 Å². The quantitative estimate of drug-likeness (QED) is 0.733. The lowest BCUT2D eigenvalue weighted by molar-refractivity contribution is 0.797. The number of aromatic nitrogens is 1. The highest BCUT2D eigenvalue weighted by atomic mass is 14.7. The highest BCUT2D eigenvalue weighted by molar-refractivity contribution is 5.80. The van der Waals surface area contributed by atoms with Gasteiger partial charge in [0.05, 0.1) is 0 Å². The number of aryl methyl sites for hydroxylation is 1. The molecule has 0 spiro atoms. The van der Waals surface area contributed by atoms with Crippen molar-refractivity contribution in [3.05, 3.63) is 71.4 Å². The third-order valence-corrected chi connectivity index (χ3v) is 3.64. The standard InChI is InChI=1S/C17H18N2/c1-12-6-8-13(9-7-12)15(11-18)17-10-14-4-2-3-5-16(14)19-17/h2-10,15,19H,11,18H2,1H3. The topological polar surface area (TPSA) is 41.8 Å². The minimum Gasteiger partial charge on any atom is -0.358 e. The van der Waals surface area contributed by atoms with E-state index >= 15 is 0 Å². The molecule has 0 aliphatic carbocycles. The minimum atomic E-state index is 0.230. The van der Waals surface area contributed by atoms with Gasteiger partial charge in [-0.3, -0.25) is 0 Å². The maximum atomic E-state index is 5.98. The van der Waals surface area contributed by atoms with Gasteiger partial charge < -0.3 is 10.7 Å². The molecule has 2 aromatic carbocycles. The van der Waals surface area contributed by atoms with Crippen LogP contribution < -0.4 is 5.73 Å². The number of H-pyrrole nitrogens is 1. The molecule has 3 N–H and O–H groups in total. The lowest BCUT2D eigenvalue weighted by Gasteiger charge is -2.14. The van der Waals surface area contributed by atoms with Gasteiger partial charge in [0.2, 0.25) is 0 Å². The Morgan fingerprint density at radius 3 is 2.47 bits per heavy atom. The van der Waals surface area contributed by atoms with E-state index in [9.17, 15) is 0 Å². The second-order valence-electron chi connectivity index (χ2n) is 5.01. The van der Waals surface area contributed by atoms with E-state index < -0.39 is 0 Å². The molecule has 0 aliphatic heterocycles. The molecule has 1 heterocycles. The Morgan fingerprint density at radius 1 is 1.05 bits per heavy atom. The summed E-state index contributed by atoms with van der Waals surface area (Å²) in [4.78, 5) is 3.48. The molecule has 0 fully saturated rings. The molecule has 0 bridgehead atoms. The molecule has 3 rings (SSSR count). The number of nitrogens with two attached hydrogens (primary N) is 1. The summed E-state index contributed by atoms with van der Waals surface area (Å²) in [7, 11) is 0. The summed E-state index contributed by atoms with van der Waals surface area (Å²) >= 11 is 0. The largest absolute Gasteiger partial charge is 0.358 e. The van der Waals surface area contributed by atoms with Crippen LogP contribution in [-0.4, -0.2) is 11.5 Å². The van der Waals surface area contributed by atoms with Crippen LogP contribution in [0, 0.1) is 6.92 Å². The van der Waals surface area contributed by atoms with Crippen LogP contribution in [0.4, 0.5) is 0 Å². The Labute approximate surface area is 113 Å². The molecule has 96 valence electrons. The first-order valence-corrected chi connectivity index (χ1v) is 6.62. The smallest absolute Gasteiger partial charge is 0.0456 e. The first-order valence-electron chi connectivity index (χ1n) is 6.62. The van der Waals surface area contributed by atoms with Crippen molar-refractivity contribution in [2.75, 3.05) is 6.54 Å². The SMILES string of the molecule is Cc1ccc(C(CN)c2cc3ccccc3[nH]2)cc1. The van der Waals surface area contributed by atoms with Crippen LogP contribution in [0.1, 0.15) is 22.7 Å². The molecule has 0 aliphatic rings. The second-order valence-corrected chi connectivity index (χ2v) is 5.01. The lowest BCUT2D eigenvalue weighted by atomic mass is 9.95. The summed E-state index contributed by atoms with van der Waals surface area (Å²) in [6, 6.07) is 19.1. The zero-order chi connectivity index (χ0) is 13.2. The van der Waals surface area contributed by atoms with Crippen LogP contribution in [0.15, 0.2) is 54.6 Å². The molecule has 0 radical (unpaired) electrons. The van der Waals surface area contributed by atoms with Gasteiger partial charge in [-0.1, -0.05) is 48.0 Å². The van der Waals surface area contributed by atoms with Gasteiger partial charge in [0.15, 0.2) is 0 Å². The highest BCUT2D eigenvalue weighted by Gasteiger charge is 2.14. The van der Waals surface area contributed by atoms with Crippen molar-refractivity contribution in [1.29, 1.82) is 0 Å². The second kappa shape index (κ2) is 4.90. The molecule has 0 saturated carbocycles. The average molecular weight is 250 g/mol. The molecule has 1 aromatic heterocycles. The molecule has 2 nitrogen and oxygen atoms in total. The van der Waals surface area contributed by atoms with Crippen molar-refractivity contribution in [3.8, 4) is 0 Å². The van der Waals surface area contributed by atoms with E-state index in [2.05, 4.69) is 60.4 Å². The van der Waals surface area contributed by atoms with Crippen molar-refractivity contribution < 1.29 is 0 Å². The van der Waals surface area contributed by atoms with Crippen molar-refractivity contribution in [2.24, 2.45) is 5.73 Å². The molecular weight excluding hydrogens is 232 g/mol. The number of fused-ring (bicyclic) bond motifs is 1. The minimum absolute atomic E-state index is 0.230. The third kappa shape index (κ3) is 2.27. The first-order chi connectivity index (χ1) is 9.28. The number of nitrogens with one attached hydrogen (secondary N) is 1. The maximum absolute atomic E-state index is 5.98. The monoisotopic (exact) mass is 250 g/mol. The number of hydrogen-bond acceptors (Lipinski definition) is 1. The number of rotatable bonds is 3. The summed E-state index contributed by atoms with van der Waals surface area (Å²) in [6.45, 7) is 2.71. The van der Waals surface area contributed by atoms with Crippen LogP contribution in [-0.2, 0) is 0 Å². The normalized spacial score (nSPS) is 12.7. The predicted octanol–water partition coefficient (Wildman–Crippen LogP) is 3.57. The molecule has 1 unspecified atom stereocenters. The maximum Gasteiger partial charge on any atom is 0.0456 e. The van der Waals surface area contributed by atoms with Crippen molar-refractivity contribution >= 4 is 10.9 Å². The predicted molar refractivity (Wildman–Crippen MR) is 80.4 cm³/mol. The molecule has 3 aromatic rings. The van der Waals surface area contributed by atoms with Crippen LogP contribution in [0.25, 0.3) is 10.9 Å². The summed E-state index contributed by atoms with van der Waals surface area (Å²) in [5.41, 5.74) is 10.9. The van der Waals surface area contributed by atoms with Crippen LogP contribution >= 0.6 is 0 Å². The van der Waals surface area contributed by atoms with Gasteiger partial charge in [-0.15, -0.1) is 0 Å². The van der Waals surface area contributed by atoms with E-state index in [1.165, 1.54) is 27.7 Å². The summed E-state index contributed by atoms with van der Waals surface area (Å²) in [5.74, 6) is 0.230. The van der Waals surface area contributed by atoms with Gasteiger partial charge in [0.1, 0.15) is 0 Å². The lowest BCUT2D eigenvalue weighted by Crippen LogP contribution is -2.14. The Hall–Kier alpha value is -2.06. The number of aromatic amines is 1. The molecule has 0 amide bonds. The van der Waals surface area contributed by atoms with E-state index in [0.717, 1.165) is 0 Å². The van der Waals surface area contributed by atoms with Gasteiger partial charge in [0.25, 0.3) is 0 Å². The van der Waals surface area contributed by atoms with Crippen molar-refractivity contribution in [1.82, 2.24) is 4.98 Å². The van der Waals surface area contributed by atoms with E-state index in [-0.39, 0.29) is 5.92 Å². The fourth-order valence-corrected chi connectivity index (χ4v) is 2.52. The van der Waals surface area contributed by atoms with Gasteiger partial charge in [0, 0.05) is 23.7 Å². The Bertz CT molecular complexity index is 647. The third-order valence-electron chi connectivity index (χ3n) is 3.64. The Kier molecular flexibility index (Phi) is 3.10. The molecular formula is C17H18N2. The first kappa shape index (κ1) is 12.0. The Balaban J connectivity index is 2.04. The van der Waals surface area contributed by atoms with E-state index in [1.807, 2.05) is 6.07 Å². The number of benzene rings is 2. The number of para-hydroxylation sites is 1. The molecule has 1 atom stereocenters. The average Bonchev–Trinajstić information content (AvgIpc) is 2.85. The van der Waals surface area contributed by atoms with E-state index in [4.69, 9.17) is 5.73 Å². The Morgan fingerprint density at radius 2 is 1.79 bits per heavy atom. The van der Waals surface area contributed by atoms with Gasteiger partial charge in [-0.25, -0.2) is 0 Å². The zero-order valence-electron chi connectivity index (χ0n) is 11.1. The van der Waals surface area contributed by atoms with Gasteiger partial charge in [-0.2, -0.15) is 0 Å².